The fourth-order valence-electron chi connectivity index (χ4n) is 1.83. The molecule has 0 N–H and O–H groups in total. The minimum Gasteiger partial charge on any atom is -0.405 e. The molecule has 0 bridgehead atoms. The Bertz CT molecular complexity index is 465. The van der Waals surface area contributed by atoms with Crippen LogP contribution in [0.1, 0.15) is 41.5 Å². The second-order valence-corrected chi connectivity index (χ2v) is 7.96. The van der Waals surface area contributed by atoms with Gasteiger partial charge in [-0.2, -0.15) is 0 Å². The molecule has 0 heterocycles. The third-order valence-electron chi connectivity index (χ3n) is 4.62. The molecule has 0 amide bonds. The summed E-state index contributed by atoms with van der Waals surface area (Å²) in [6, 6.07) is 9.65. The lowest BCUT2D eigenvalue weighted by atomic mass is 9.60. The average Bonchev–Trinajstić information content (AvgIpc) is 2.37. The third kappa shape index (κ3) is 3.18. The SMILES string of the molecule is CC(C)(C)C(C)(C)C(C)(O[Si])C(=O)Sc1ccccc1. The van der Waals surface area contributed by atoms with Gasteiger partial charge in [0.1, 0.15) is 5.60 Å². The molecule has 1 rings (SSSR count). The van der Waals surface area contributed by atoms with Crippen molar-refractivity contribution in [3.05, 3.63) is 30.3 Å². The normalized spacial score (nSPS) is 15.8. The van der Waals surface area contributed by atoms with Crippen LogP contribution < -0.4 is 0 Å². The van der Waals surface area contributed by atoms with Crippen LogP contribution in [0.4, 0.5) is 0 Å². The maximum Gasteiger partial charge on any atom is 0.247 e. The number of hydrogen-bond donors (Lipinski definition) is 0. The average molecular weight is 308 g/mol. The van der Waals surface area contributed by atoms with Gasteiger partial charge in [0.15, 0.2) is 0 Å². The molecule has 4 heteroatoms. The maximum atomic E-state index is 12.8. The number of thioether (sulfide) groups is 1. The Balaban J connectivity index is 3.08. The van der Waals surface area contributed by atoms with Crippen molar-refractivity contribution in [2.24, 2.45) is 10.8 Å². The smallest absolute Gasteiger partial charge is 0.247 e. The van der Waals surface area contributed by atoms with E-state index in [4.69, 9.17) is 4.43 Å². The molecule has 0 aromatic heterocycles. The van der Waals surface area contributed by atoms with Crippen LogP contribution in [0, 0.1) is 10.8 Å². The van der Waals surface area contributed by atoms with E-state index >= 15 is 0 Å². The van der Waals surface area contributed by atoms with Crippen molar-refractivity contribution in [1.29, 1.82) is 0 Å². The van der Waals surface area contributed by atoms with Crippen molar-refractivity contribution in [1.82, 2.24) is 0 Å². The van der Waals surface area contributed by atoms with E-state index in [1.807, 2.05) is 37.3 Å². The van der Waals surface area contributed by atoms with Gasteiger partial charge in [0, 0.05) is 10.3 Å². The molecule has 0 fully saturated rings. The highest BCUT2D eigenvalue weighted by Gasteiger charge is 2.53. The molecule has 0 saturated carbocycles. The van der Waals surface area contributed by atoms with E-state index in [2.05, 4.69) is 45.1 Å². The van der Waals surface area contributed by atoms with Gasteiger partial charge in [-0.1, -0.05) is 52.8 Å². The summed E-state index contributed by atoms with van der Waals surface area (Å²) >= 11 is 1.22. The first-order valence-corrected chi connectivity index (χ1v) is 7.91. The van der Waals surface area contributed by atoms with Gasteiger partial charge >= 0.3 is 0 Å². The third-order valence-corrected chi connectivity index (χ3v) is 6.11. The number of carbonyl (C=O) groups excluding carboxylic acids is 1. The molecule has 109 valence electrons. The Labute approximate surface area is 130 Å². The molecule has 0 aliphatic carbocycles. The van der Waals surface area contributed by atoms with Crippen LogP contribution in [0.15, 0.2) is 35.2 Å². The first-order valence-electron chi connectivity index (χ1n) is 6.68. The summed E-state index contributed by atoms with van der Waals surface area (Å²) in [5, 5.41) is -0.00127. The molecular formula is C16H23O2SSi. The van der Waals surface area contributed by atoms with E-state index in [0.29, 0.717) is 0 Å². The van der Waals surface area contributed by atoms with Crippen molar-refractivity contribution in [2.45, 2.75) is 52.0 Å². The lowest BCUT2D eigenvalue weighted by molar-refractivity contribution is -0.142. The van der Waals surface area contributed by atoms with E-state index in [0.717, 1.165) is 4.90 Å². The van der Waals surface area contributed by atoms with Gasteiger partial charge in [0.05, 0.1) is 0 Å². The summed E-state index contributed by atoms with van der Waals surface area (Å²) < 4.78 is 5.50. The van der Waals surface area contributed by atoms with Crippen LogP contribution in [0.2, 0.25) is 0 Å². The highest BCUT2D eigenvalue weighted by molar-refractivity contribution is 8.13. The predicted octanol–water partition coefficient (Wildman–Crippen LogP) is 4.24. The Hall–Kier alpha value is -0.583. The summed E-state index contributed by atoms with van der Waals surface area (Å²) in [5.41, 5.74) is -1.36. The fraction of sp³-hybridized carbons (Fsp3) is 0.562. The minimum atomic E-state index is -0.928. The van der Waals surface area contributed by atoms with E-state index in [1.54, 1.807) is 0 Å². The van der Waals surface area contributed by atoms with Gasteiger partial charge in [-0.3, -0.25) is 4.79 Å². The van der Waals surface area contributed by atoms with Gasteiger partial charge in [0.25, 0.3) is 0 Å². The standard InChI is InChI=1S/C16H23O2SSi/c1-14(2,3)15(4,5)16(6,18-20)13(17)19-12-10-8-7-9-11-12/h7-11H,1-6H3. The van der Waals surface area contributed by atoms with Crippen molar-refractivity contribution >= 4 is 27.4 Å². The van der Waals surface area contributed by atoms with Gasteiger partial charge < -0.3 is 4.43 Å². The molecular weight excluding hydrogens is 284 g/mol. The Morgan fingerprint density at radius 3 is 1.95 bits per heavy atom. The topological polar surface area (TPSA) is 26.3 Å². The lowest BCUT2D eigenvalue weighted by Crippen LogP contribution is -2.55. The number of hydrogen-bond acceptors (Lipinski definition) is 3. The summed E-state index contributed by atoms with van der Waals surface area (Å²) in [6.07, 6.45) is 0. The number of benzene rings is 1. The van der Waals surface area contributed by atoms with Crippen molar-refractivity contribution in [3.8, 4) is 0 Å². The summed E-state index contributed by atoms with van der Waals surface area (Å²) in [7, 11) is 3.13. The van der Waals surface area contributed by atoms with E-state index < -0.39 is 5.60 Å². The van der Waals surface area contributed by atoms with Crippen LogP contribution in [-0.4, -0.2) is 21.2 Å². The molecule has 0 aliphatic heterocycles. The van der Waals surface area contributed by atoms with E-state index in [9.17, 15) is 4.79 Å². The quantitative estimate of drug-likeness (QED) is 0.615. The second kappa shape index (κ2) is 6.04. The first-order chi connectivity index (χ1) is 9.06. The molecule has 1 atom stereocenters. The minimum absolute atomic E-state index is 0.00127. The highest BCUT2D eigenvalue weighted by Crippen LogP contribution is 2.50. The highest BCUT2D eigenvalue weighted by atomic mass is 32.2. The zero-order valence-electron chi connectivity index (χ0n) is 13.1. The molecule has 2 nitrogen and oxygen atoms in total. The Kier molecular flexibility index (Phi) is 5.27. The lowest BCUT2D eigenvalue weighted by Gasteiger charge is -2.50. The van der Waals surface area contributed by atoms with E-state index in [-0.39, 0.29) is 15.9 Å². The van der Waals surface area contributed by atoms with Crippen LogP contribution >= 0.6 is 11.8 Å². The number of carbonyl (C=O) groups is 1. The summed E-state index contributed by atoms with van der Waals surface area (Å²) in [6.45, 7) is 12.3. The van der Waals surface area contributed by atoms with Crippen LogP contribution in [0.25, 0.3) is 0 Å². The van der Waals surface area contributed by atoms with Gasteiger partial charge in [0.2, 0.25) is 15.6 Å². The monoisotopic (exact) mass is 307 g/mol. The van der Waals surface area contributed by atoms with Crippen molar-refractivity contribution in [2.75, 3.05) is 0 Å². The maximum absolute atomic E-state index is 12.8. The zero-order valence-corrected chi connectivity index (χ0v) is 14.9. The largest absolute Gasteiger partial charge is 0.405 e. The zero-order chi connectivity index (χ0) is 15.6. The molecule has 1 unspecified atom stereocenters. The predicted molar refractivity (Wildman–Crippen MR) is 85.8 cm³/mol. The van der Waals surface area contributed by atoms with Gasteiger partial charge in [-0.25, -0.2) is 0 Å². The van der Waals surface area contributed by atoms with Crippen LogP contribution in [0.5, 0.6) is 0 Å². The summed E-state index contributed by atoms with van der Waals surface area (Å²) in [5.74, 6) is 0. The van der Waals surface area contributed by atoms with Crippen molar-refractivity contribution in [3.63, 3.8) is 0 Å². The summed E-state index contributed by atoms with van der Waals surface area (Å²) in [4.78, 5) is 13.7. The Morgan fingerprint density at radius 1 is 1.05 bits per heavy atom. The van der Waals surface area contributed by atoms with E-state index in [1.165, 1.54) is 11.8 Å². The molecule has 3 radical (unpaired) electrons. The molecule has 0 aliphatic rings. The second-order valence-electron chi connectivity index (χ2n) is 6.71. The molecule has 0 spiro atoms. The van der Waals surface area contributed by atoms with Gasteiger partial charge in [-0.15, -0.1) is 0 Å². The molecule has 20 heavy (non-hydrogen) atoms. The first kappa shape index (κ1) is 17.5. The van der Waals surface area contributed by atoms with Gasteiger partial charge in [-0.05, 0) is 36.2 Å². The molecule has 0 saturated heterocycles. The molecule has 1 aromatic rings. The van der Waals surface area contributed by atoms with Crippen LogP contribution in [0.3, 0.4) is 0 Å². The fourth-order valence-corrected chi connectivity index (χ4v) is 3.25. The Morgan fingerprint density at radius 2 is 1.55 bits per heavy atom. The van der Waals surface area contributed by atoms with Crippen molar-refractivity contribution < 1.29 is 9.22 Å². The van der Waals surface area contributed by atoms with Crippen LogP contribution in [-0.2, 0) is 9.22 Å². The number of rotatable bonds is 4. The molecule has 1 aromatic carbocycles.